The van der Waals surface area contributed by atoms with Crippen LogP contribution < -0.4 is 0 Å². The summed E-state index contributed by atoms with van der Waals surface area (Å²) in [6.45, 7) is 6.47. The van der Waals surface area contributed by atoms with Crippen molar-refractivity contribution < 1.29 is 28.6 Å². The second-order valence-corrected chi connectivity index (χ2v) is 7.31. The standard InChI is InChI=1S/C17H23NO6/c1-5-16(2,3)15(21)22-9-13(19)24-17(4)7-10(8-18)11-6-12(17)23-14(11)20/h10-12H,5-7,9H2,1-4H3. The third-order valence-corrected chi connectivity index (χ3v) is 5.09. The fourth-order valence-electron chi connectivity index (χ4n) is 3.01. The summed E-state index contributed by atoms with van der Waals surface area (Å²) in [5, 5.41) is 9.22. The lowest BCUT2D eigenvalue weighted by Gasteiger charge is -2.37. The average molecular weight is 337 g/mol. The molecule has 2 fully saturated rings. The van der Waals surface area contributed by atoms with Crippen molar-refractivity contribution >= 4 is 17.9 Å². The Kier molecular flexibility index (Phi) is 4.88. The lowest BCUT2D eigenvalue weighted by atomic mass is 9.73. The van der Waals surface area contributed by atoms with Gasteiger partial charge in [-0.3, -0.25) is 9.59 Å². The molecule has 2 aliphatic rings. The van der Waals surface area contributed by atoms with Crippen LogP contribution in [0.1, 0.15) is 47.0 Å². The van der Waals surface area contributed by atoms with Crippen molar-refractivity contribution in [3.63, 3.8) is 0 Å². The summed E-state index contributed by atoms with van der Waals surface area (Å²) in [5.41, 5.74) is -1.75. The molecule has 24 heavy (non-hydrogen) atoms. The van der Waals surface area contributed by atoms with Gasteiger partial charge in [0.05, 0.1) is 23.3 Å². The van der Waals surface area contributed by atoms with Gasteiger partial charge in [0.25, 0.3) is 0 Å². The van der Waals surface area contributed by atoms with Gasteiger partial charge in [-0.1, -0.05) is 6.92 Å². The van der Waals surface area contributed by atoms with Gasteiger partial charge in [-0.25, -0.2) is 4.79 Å². The minimum Gasteiger partial charge on any atom is -0.458 e. The fourth-order valence-corrected chi connectivity index (χ4v) is 3.01. The lowest BCUT2D eigenvalue weighted by molar-refractivity contribution is -0.185. The van der Waals surface area contributed by atoms with Gasteiger partial charge in [-0.05, 0) is 27.2 Å². The van der Waals surface area contributed by atoms with Gasteiger partial charge in [0, 0.05) is 12.8 Å². The predicted octanol–water partition coefficient (Wildman–Crippen LogP) is 1.74. The number of rotatable bonds is 5. The Morgan fingerprint density at radius 2 is 2.12 bits per heavy atom. The van der Waals surface area contributed by atoms with Gasteiger partial charge in [-0.2, -0.15) is 5.26 Å². The van der Waals surface area contributed by atoms with Crippen molar-refractivity contribution in [1.29, 1.82) is 5.26 Å². The monoisotopic (exact) mass is 337 g/mol. The largest absolute Gasteiger partial charge is 0.458 e. The Morgan fingerprint density at radius 3 is 2.71 bits per heavy atom. The molecule has 1 aliphatic carbocycles. The average Bonchev–Trinajstić information content (AvgIpc) is 2.88. The van der Waals surface area contributed by atoms with E-state index >= 15 is 0 Å². The Bertz CT molecular complexity index is 592. The zero-order valence-corrected chi connectivity index (χ0v) is 14.5. The molecule has 1 aliphatic heterocycles. The van der Waals surface area contributed by atoms with E-state index in [2.05, 4.69) is 6.07 Å². The van der Waals surface area contributed by atoms with E-state index in [1.165, 1.54) is 0 Å². The molecule has 1 saturated heterocycles. The number of carbonyl (C=O) groups is 3. The Hall–Kier alpha value is -2.10. The first-order valence-corrected chi connectivity index (χ1v) is 8.12. The summed E-state index contributed by atoms with van der Waals surface area (Å²) in [6, 6.07) is 2.09. The highest BCUT2D eigenvalue weighted by Gasteiger charge is 2.57. The van der Waals surface area contributed by atoms with Crippen LogP contribution in [0.15, 0.2) is 0 Å². The van der Waals surface area contributed by atoms with E-state index in [0.717, 1.165) is 0 Å². The highest BCUT2D eigenvalue weighted by molar-refractivity contribution is 5.80. The maximum Gasteiger partial charge on any atom is 0.344 e. The smallest absolute Gasteiger partial charge is 0.344 e. The number of hydrogen-bond acceptors (Lipinski definition) is 7. The van der Waals surface area contributed by atoms with E-state index in [0.29, 0.717) is 12.8 Å². The molecule has 132 valence electrons. The topological polar surface area (TPSA) is 103 Å². The van der Waals surface area contributed by atoms with Crippen molar-refractivity contribution in [3.05, 3.63) is 0 Å². The molecule has 4 atom stereocenters. The van der Waals surface area contributed by atoms with Crippen LogP contribution in [-0.2, 0) is 28.6 Å². The molecule has 0 aromatic heterocycles. The normalized spacial score (nSPS) is 31.8. The van der Waals surface area contributed by atoms with E-state index in [1.807, 2.05) is 6.92 Å². The summed E-state index contributed by atoms with van der Waals surface area (Å²) in [6.07, 6.45) is 0.613. The number of hydrogen-bond donors (Lipinski definition) is 0. The summed E-state index contributed by atoms with van der Waals surface area (Å²) < 4.78 is 15.7. The van der Waals surface area contributed by atoms with Gasteiger partial charge in [-0.15, -0.1) is 0 Å². The number of esters is 3. The highest BCUT2D eigenvalue weighted by Crippen LogP contribution is 2.45. The quantitative estimate of drug-likeness (QED) is 0.556. The van der Waals surface area contributed by atoms with Crippen LogP contribution in [0.3, 0.4) is 0 Å². The SMILES string of the molecule is CCC(C)(C)C(=O)OCC(=O)OC1(C)CC(C#N)C2CC1OC2=O. The number of nitriles is 1. The van der Waals surface area contributed by atoms with Crippen molar-refractivity contribution in [1.82, 2.24) is 0 Å². The molecule has 7 heteroatoms. The maximum absolute atomic E-state index is 12.1. The third-order valence-electron chi connectivity index (χ3n) is 5.09. The molecule has 4 unspecified atom stereocenters. The molecular formula is C17H23NO6. The molecule has 0 spiro atoms. The Morgan fingerprint density at radius 1 is 1.46 bits per heavy atom. The van der Waals surface area contributed by atoms with Gasteiger partial charge in [0.15, 0.2) is 6.61 Å². The summed E-state index contributed by atoms with van der Waals surface area (Å²) in [5.74, 6) is -2.60. The maximum atomic E-state index is 12.1. The van der Waals surface area contributed by atoms with Crippen LogP contribution in [-0.4, -0.2) is 36.2 Å². The van der Waals surface area contributed by atoms with E-state index in [1.54, 1.807) is 20.8 Å². The molecule has 0 aromatic rings. The number of ether oxygens (including phenoxy) is 3. The van der Waals surface area contributed by atoms with Crippen molar-refractivity contribution in [2.75, 3.05) is 6.61 Å². The molecule has 0 amide bonds. The first kappa shape index (κ1) is 18.2. The molecular weight excluding hydrogens is 314 g/mol. The van der Waals surface area contributed by atoms with Gasteiger partial charge in [0.2, 0.25) is 0 Å². The molecule has 7 nitrogen and oxygen atoms in total. The Labute approximate surface area is 141 Å². The summed E-state index contributed by atoms with van der Waals surface area (Å²) in [4.78, 5) is 35.7. The highest BCUT2D eigenvalue weighted by atomic mass is 16.6. The van der Waals surface area contributed by atoms with E-state index in [9.17, 15) is 19.6 Å². The van der Waals surface area contributed by atoms with Crippen molar-refractivity contribution in [2.45, 2.75) is 58.7 Å². The van der Waals surface area contributed by atoms with E-state index in [-0.39, 0.29) is 6.42 Å². The first-order valence-electron chi connectivity index (χ1n) is 8.12. The molecule has 2 rings (SSSR count). The molecule has 0 radical (unpaired) electrons. The summed E-state index contributed by atoms with van der Waals surface area (Å²) >= 11 is 0. The minimum atomic E-state index is -1.08. The van der Waals surface area contributed by atoms with Gasteiger partial charge < -0.3 is 14.2 Å². The lowest BCUT2D eigenvalue weighted by Crippen LogP contribution is -2.48. The van der Waals surface area contributed by atoms with Crippen LogP contribution in [0, 0.1) is 28.6 Å². The van der Waals surface area contributed by atoms with Crippen LogP contribution >= 0.6 is 0 Å². The van der Waals surface area contributed by atoms with Crippen molar-refractivity contribution in [3.8, 4) is 6.07 Å². The summed E-state index contributed by atoms with van der Waals surface area (Å²) in [7, 11) is 0. The minimum absolute atomic E-state index is 0.227. The second-order valence-electron chi connectivity index (χ2n) is 7.31. The fraction of sp³-hybridized carbons (Fsp3) is 0.765. The number of nitrogens with zero attached hydrogens (tertiary/aromatic N) is 1. The molecule has 1 heterocycles. The van der Waals surface area contributed by atoms with Gasteiger partial charge >= 0.3 is 17.9 Å². The molecule has 1 saturated carbocycles. The zero-order valence-electron chi connectivity index (χ0n) is 14.5. The third kappa shape index (κ3) is 3.37. The van der Waals surface area contributed by atoms with E-state index in [4.69, 9.17) is 14.2 Å². The predicted molar refractivity (Wildman–Crippen MR) is 81.2 cm³/mol. The Balaban J connectivity index is 1.97. The van der Waals surface area contributed by atoms with Crippen LogP contribution in [0.4, 0.5) is 0 Å². The van der Waals surface area contributed by atoms with Crippen molar-refractivity contribution in [2.24, 2.45) is 17.3 Å². The molecule has 0 N–H and O–H groups in total. The van der Waals surface area contributed by atoms with E-state index < -0.39 is 53.5 Å². The number of carbonyl (C=O) groups excluding carboxylic acids is 3. The molecule has 2 bridgehead atoms. The zero-order chi connectivity index (χ0) is 18.1. The van der Waals surface area contributed by atoms with Crippen LogP contribution in [0.2, 0.25) is 0 Å². The first-order chi connectivity index (χ1) is 11.1. The molecule has 0 aromatic carbocycles. The van der Waals surface area contributed by atoms with Gasteiger partial charge in [0.1, 0.15) is 11.7 Å². The van der Waals surface area contributed by atoms with Crippen LogP contribution in [0.25, 0.3) is 0 Å². The van der Waals surface area contributed by atoms with Crippen LogP contribution in [0.5, 0.6) is 0 Å². The second kappa shape index (κ2) is 6.42. The number of fused-ring (bicyclic) bond motifs is 2.